The number of nitrogens with one attached hydrogen (secondary N) is 1. The lowest BCUT2D eigenvalue weighted by atomic mass is 10.3. The molecule has 6 heteroatoms. The van der Waals surface area contributed by atoms with E-state index in [9.17, 15) is 9.59 Å². The molecule has 2 aromatic carbocycles. The van der Waals surface area contributed by atoms with Gasteiger partial charge in [-0.2, -0.15) is 0 Å². The Morgan fingerprint density at radius 3 is 2.32 bits per heavy atom. The highest BCUT2D eigenvalue weighted by molar-refractivity contribution is 5.93. The third-order valence-corrected chi connectivity index (χ3v) is 2.64. The molecule has 0 aliphatic rings. The predicted octanol–water partition coefficient (Wildman–Crippen LogP) is 1.57. The number of hydrogen-bond acceptors (Lipinski definition) is 4. The van der Waals surface area contributed by atoms with E-state index >= 15 is 0 Å². The Bertz CT molecular complexity index is 644. The van der Waals surface area contributed by atoms with Gasteiger partial charge in [0.1, 0.15) is 11.5 Å². The minimum atomic E-state index is -0.589. The highest BCUT2D eigenvalue weighted by Gasteiger charge is 2.09. The molecule has 0 radical (unpaired) electrons. The summed E-state index contributed by atoms with van der Waals surface area (Å²) < 4.78 is 10.6. The molecule has 2 aromatic rings. The Labute approximate surface area is 127 Å². The highest BCUT2D eigenvalue weighted by atomic mass is 16.5. The number of nitrogens with two attached hydrogens (primary N) is 1. The van der Waals surface area contributed by atoms with Crippen molar-refractivity contribution in [3.63, 3.8) is 0 Å². The molecule has 0 saturated heterocycles. The first-order valence-corrected chi connectivity index (χ1v) is 6.63. The zero-order chi connectivity index (χ0) is 15.8. The van der Waals surface area contributed by atoms with Gasteiger partial charge >= 0.3 is 0 Å². The van der Waals surface area contributed by atoms with Crippen LogP contribution < -0.4 is 20.5 Å². The molecule has 0 fully saturated rings. The first-order chi connectivity index (χ1) is 10.6. The van der Waals surface area contributed by atoms with Crippen molar-refractivity contribution >= 4 is 17.5 Å². The van der Waals surface area contributed by atoms with Crippen LogP contribution in [0.2, 0.25) is 0 Å². The number of hydrogen-bond donors (Lipinski definition) is 2. The second-order valence-electron chi connectivity index (χ2n) is 4.40. The number of ether oxygens (including phenoxy) is 2. The van der Waals surface area contributed by atoms with Crippen LogP contribution in [0.25, 0.3) is 0 Å². The summed E-state index contributed by atoms with van der Waals surface area (Å²) >= 11 is 0. The van der Waals surface area contributed by atoms with Crippen LogP contribution in [0.1, 0.15) is 0 Å². The molecule has 22 heavy (non-hydrogen) atoms. The van der Waals surface area contributed by atoms with Crippen molar-refractivity contribution in [1.29, 1.82) is 0 Å². The number of primary amides is 1. The third kappa shape index (κ3) is 4.82. The van der Waals surface area contributed by atoms with Crippen LogP contribution in [0, 0.1) is 0 Å². The van der Waals surface area contributed by atoms with Gasteiger partial charge in [-0.3, -0.25) is 9.59 Å². The largest absolute Gasteiger partial charge is 0.484 e. The van der Waals surface area contributed by atoms with E-state index in [1.54, 1.807) is 36.4 Å². The first-order valence-electron chi connectivity index (χ1n) is 6.63. The fourth-order valence-corrected chi connectivity index (χ4v) is 1.70. The monoisotopic (exact) mass is 300 g/mol. The number of para-hydroxylation sites is 3. The van der Waals surface area contributed by atoms with Gasteiger partial charge in [-0.15, -0.1) is 0 Å². The van der Waals surface area contributed by atoms with E-state index in [2.05, 4.69) is 5.32 Å². The van der Waals surface area contributed by atoms with E-state index in [1.807, 2.05) is 18.2 Å². The molecule has 0 unspecified atom stereocenters. The number of carbonyl (C=O) groups excluding carboxylic acids is 2. The van der Waals surface area contributed by atoms with E-state index < -0.39 is 5.91 Å². The average Bonchev–Trinajstić information content (AvgIpc) is 2.53. The van der Waals surface area contributed by atoms with Gasteiger partial charge in [-0.1, -0.05) is 30.3 Å². The number of rotatable bonds is 7. The van der Waals surface area contributed by atoms with Crippen LogP contribution >= 0.6 is 0 Å². The Morgan fingerprint density at radius 2 is 1.59 bits per heavy atom. The van der Waals surface area contributed by atoms with Crippen molar-refractivity contribution in [2.45, 2.75) is 0 Å². The number of carbonyl (C=O) groups is 2. The summed E-state index contributed by atoms with van der Waals surface area (Å²) in [6.45, 7) is -0.387. The predicted molar refractivity (Wildman–Crippen MR) is 81.7 cm³/mol. The second-order valence-corrected chi connectivity index (χ2v) is 4.40. The smallest absolute Gasteiger partial charge is 0.262 e. The van der Waals surface area contributed by atoms with Crippen LogP contribution in [0.15, 0.2) is 54.6 Å². The van der Waals surface area contributed by atoms with Crippen molar-refractivity contribution < 1.29 is 19.1 Å². The molecule has 0 aliphatic heterocycles. The first kappa shape index (κ1) is 15.4. The van der Waals surface area contributed by atoms with E-state index in [-0.39, 0.29) is 19.1 Å². The van der Waals surface area contributed by atoms with Crippen LogP contribution in [0.3, 0.4) is 0 Å². The lowest BCUT2D eigenvalue weighted by Crippen LogP contribution is -2.22. The van der Waals surface area contributed by atoms with E-state index in [4.69, 9.17) is 15.2 Å². The lowest BCUT2D eigenvalue weighted by Gasteiger charge is -2.12. The second kappa shape index (κ2) is 7.68. The van der Waals surface area contributed by atoms with Gasteiger partial charge in [0.05, 0.1) is 5.69 Å². The van der Waals surface area contributed by atoms with Crippen molar-refractivity contribution in [2.24, 2.45) is 5.73 Å². The van der Waals surface area contributed by atoms with Gasteiger partial charge in [0, 0.05) is 0 Å². The molecule has 0 heterocycles. The van der Waals surface area contributed by atoms with Gasteiger partial charge in [-0.05, 0) is 24.3 Å². The molecule has 0 aliphatic carbocycles. The minimum Gasteiger partial charge on any atom is -0.484 e. The van der Waals surface area contributed by atoms with E-state index in [0.29, 0.717) is 17.2 Å². The Hall–Kier alpha value is -3.02. The zero-order valence-corrected chi connectivity index (χ0v) is 11.8. The van der Waals surface area contributed by atoms with Crippen molar-refractivity contribution in [3.8, 4) is 11.5 Å². The fourth-order valence-electron chi connectivity index (χ4n) is 1.70. The summed E-state index contributed by atoms with van der Waals surface area (Å²) in [6, 6.07) is 15.8. The van der Waals surface area contributed by atoms with Crippen molar-refractivity contribution in [3.05, 3.63) is 54.6 Å². The van der Waals surface area contributed by atoms with Crippen LogP contribution in [-0.2, 0) is 9.59 Å². The molecule has 0 spiro atoms. The molecule has 3 N–H and O–H groups in total. The van der Waals surface area contributed by atoms with Gasteiger partial charge in [0.2, 0.25) is 0 Å². The Kier molecular flexibility index (Phi) is 5.37. The topological polar surface area (TPSA) is 90.7 Å². The van der Waals surface area contributed by atoms with Crippen molar-refractivity contribution in [2.75, 3.05) is 18.5 Å². The summed E-state index contributed by atoms with van der Waals surface area (Å²) in [5, 5.41) is 2.66. The highest BCUT2D eigenvalue weighted by Crippen LogP contribution is 2.23. The molecule has 114 valence electrons. The maximum Gasteiger partial charge on any atom is 0.262 e. The summed E-state index contributed by atoms with van der Waals surface area (Å²) in [5.74, 6) is 0.0535. The number of benzene rings is 2. The van der Waals surface area contributed by atoms with Crippen LogP contribution in [0.4, 0.5) is 5.69 Å². The normalized spacial score (nSPS) is 9.82. The summed E-state index contributed by atoms with van der Waals surface area (Å²) in [7, 11) is 0. The van der Waals surface area contributed by atoms with Gasteiger partial charge in [-0.25, -0.2) is 0 Å². The minimum absolute atomic E-state index is 0.131. The molecular weight excluding hydrogens is 284 g/mol. The molecule has 0 aromatic heterocycles. The SMILES string of the molecule is NC(=O)COc1ccccc1NC(=O)COc1ccccc1. The standard InChI is InChI=1S/C16H16N2O4/c17-15(19)10-22-14-9-5-4-8-13(14)18-16(20)11-21-12-6-2-1-3-7-12/h1-9H,10-11H2,(H2,17,19)(H,18,20). The average molecular weight is 300 g/mol. The third-order valence-electron chi connectivity index (χ3n) is 2.64. The summed E-state index contributed by atoms with van der Waals surface area (Å²) in [5.41, 5.74) is 5.48. The van der Waals surface area contributed by atoms with Crippen LogP contribution in [0.5, 0.6) is 11.5 Å². The molecular formula is C16H16N2O4. The maximum atomic E-state index is 11.9. The van der Waals surface area contributed by atoms with Crippen LogP contribution in [-0.4, -0.2) is 25.0 Å². The van der Waals surface area contributed by atoms with Gasteiger partial charge in [0.15, 0.2) is 13.2 Å². The Morgan fingerprint density at radius 1 is 0.909 bits per heavy atom. The zero-order valence-electron chi connectivity index (χ0n) is 11.8. The van der Waals surface area contributed by atoms with E-state index in [1.165, 1.54) is 0 Å². The number of anilines is 1. The molecule has 0 bridgehead atoms. The Balaban J connectivity index is 1.92. The van der Waals surface area contributed by atoms with E-state index in [0.717, 1.165) is 0 Å². The molecule has 0 saturated carbocycles. The summed E-state index contributed by atoms with van der Waals surface area (Å²) in [4.78, 5) is 22.6. The van der Waals surface area contributed by atoms with Crippen molar-refractivity contribution in [1.82, 2.24) is 0 Å². The summed E-state index contributed by atoms with van der Waals surface area (Å²) in [6.07, 6.45) is 0. The fraction of sp³-hybridized carbons (Fsp3) is 0.125. The molecule has 2 rings (SSSR count). The van der Waals surface area contributed by atoms with Gasteiger partial charge < -0.3 is 20.5 Å². The maximum absolute atomic E-state index is 11.9. The molecule has 2 amide bonds. The lowest BCUT2D eigenvalue weighted by molar-refractivity contribution is -0.120. The van der Waals surface area contributed by atoms with Gasteiger partial charge in [0.25, 0.3) is 11.8 Å². The molecule has 6 nitrogen and oxygen atoms in total. The molecule has 0 atom stereocenters. The number of amides is 2. The quantitative estimate of drug-likeness (QED) is 0.812.